The van der Waals surface area contributed by atoms with Crippen molar-refractivity contribution in [2.24, 2.45) is 5.41 Å². The van der Waals surface area contributed by atoms with Gasteiger partial charge in [-0.1, -0.05) is 56.6 Å². The van der Waals surface area contributed by atoms with Crippen LogP contribution in [-0.4, -0.2) is 16.7 Å². The summed E-state index contributed by atoms with van der Waals surface area (Å²) in [6.45, 7) is 6.24. The number of methoxy groups -OCH3 is 1. The van der Waals surface area contributed by atoms with E-state index < -0.39 is 0 Å². The summed E-state index contributed by atoms with van der Waals surface area (Å²) >= 11 is 5.97. The second-order valence-corrected chi connectivity index (χ2v) is 7.63. The quantitative estimate of drug-likeness (QED) is 0.500. The molecule has 0 bridgehead atoms. The number of aromatic nitrogens is 2. The average Bonchev–Trinajstić information content (AvgIpc) is 3.16. The van der Waals surface area contributed by atoms with Crippen LogP contribution in [0.5, 0.6) is 5.75 Å². The maximum absolute atomic E-state index is 6.20. The maximum atomic E-state index is 6.20. The molecule has 3 rings (SSSR count). The normalized spacial score (nSPS) is 12.5. The van der Waals surface area contributed by atoms with Gasteiger partial charge < -0.3 is 9.47 Å². The summed E-state index contributed by atoms with van der Waals surface area (Å²) in [5.74, 6) is 2.05. The van der Waals surface area contributed by atoms with Gasteiger partial charge in [0, 0.05) is 22.8 Å². The molecule has 5 heteroatoms. The summed E-state index contributed by atoms with van der Waals surface area (Å²) in [5.41, 5.74) is 1.97. The molecule has 0 amide bonds. The van der Waals surface area contributed by atoms with Gasteiger partial charge in [0.05, 0.1) is 7.11 Å². The highest BCUT2D eigenvalue weighted by molar-refractivity contribution is 6.30. The molecule has 2 aromatic carbocycles. The molecule has 1 heterocycles. The molecule has 1 aromatic heterocycles. The summed E-state index contributed by atoms with van der Waals surface area (Å²) in [6, 6.07) is 15.7. The summed E-state index contributed by atoms with van der Waals surface area (Å²) in [5, 5.41) is 0.725. The van der Waals surface area contributed by atoms with Crippen LogP contribution in [0.15, 0.2) is 73.0 Å². The van der Waals surface area contributed by atoms with Crippen LogP contribution in [0.1, 0.15) is 20.8 Å². The number of allylic oxidation sites excluding steroid dienone is 1. The van der Waals surface area contributed by atoms with E-state index >= 15 is 0 Å². The van der Waals surface area contributed by atoms with Crippen LogP contribution in [0.25, 0.3) is 17.0 Å². The first kappa shape index (κ1) is 19.1. The van der Waals surface area contributed by atoms with Crippen molar-refractivity contribution in [2.75, 3.05) is 7.11 Å². The van der Waals surface area contributed by atoms with E-state index in [1.165, 1.54) is 0 Å². The largest absolute Gasteiger partial charge is 0.495 e. The number of rotatable bonds is 5. The Morgan fingerprint density at radius 3 is 2.04 bits per heavy atom. The zero-order valence-corrected chi connectivity index (χ0v) is 16.7. The first-order chi connectivity index (χ1) is 12.9. The molecule has 0 saturated heterocycles. The number of hydrogen-bond acceptors (Lipinski definition) is 3. The summed E-state index contributed by atoms with van der Waals surface area (Å²) < 4.78 is 13.7. The Bertz CT molecular complexity index is 906. The highest BCUT2D eigenvalue weighted by atomic mass is 35.5. The minimum atomic E-state index is -0.225. The molecule has 0 unspecified atom stereocenters. The lowest BCUT2D eigenvalue weighted by molar-refractivity contribution is 0.195. The van der Waals surface area contributed by atoms with E-state index in [0.29, 0.717) is 5.88 Å². The molecule has 4 nitrogen and oxygen atoms in total. The molecule has 0 radical (unpaired) electrons. The second-order valence-electron chi connectivity index (χ2n) is 7.19. The molecule has 3 aromatic rings. The lowest BCUT2D eigenvalue weighted by Gasteiger charge is -2.25. The van der Waals surface area contributed by atoms with Crippen molar-refractivity contribution in [1.82, 2.24) is 9.55 Å². The van der Waals surface area contributed by atoms with Gasteiger partial charge in [-0.05, 0) is 35.4 Å². The fourth-order valence-electron chi connectivity index (χ4n) is 2.78. The molecule has 140 valence electrons. The van der Waals surface area contributed by atoms with Gasteiger partial charge >= 0.3 is 0 Å². The van der Waals surface area contributed by atoms with E-state index in [4.69, 9.17) is 21.1 Å². The van der Waals surface area contributed by atoms with Crippen molar-refractivity contribution in [2.45, 2.75) is 20.8 Å². The molecule has 0 N–H and O–H groups in total. The Hall–Kier alpha value is -2.72. The Kier molecular flexibility index (Phi) is 5.57. The Morgan fingerprint density at radius 2 is 1.56 bits per heavy atom. The molecule has 0 spiro atoms. The van der Waals surface area contributed by atoms with Gasteiger partial charge in [0.25, 0.3) is 0 Å². The average molecular weight is 383 g/mol. The molecule has 0 aliphatic heterocycles. The van der Waals surface area contributed by atoms with Gasteiger partial charge in [-0.15, -0.1) is 0 Å². The van der Waals surface area contributed by atoms with Gasteiger partial charge in [-0.3, -0.25) is 4.57 Å². The third kappa shape index (κ3) is 4.52. The van der Waals surface area contributed by atoms with E-state index in [9.17, 15) is 0 Å². The number of imidazole rings is 1. The van der Waals surface area contributed by atoms with Gasteiger partial charge in [0.1, 0.15) is 12.1 Å². The van der Waals surface area contributed by atoms with Crippen molar-refractivity contribution < 1.29 is 9.47 Å². The summed E-state index contributed by atoms with van der Waals surface area (Å²) in [4.78, 5) is 4.13. The Balaban J connectivity index is 1.93. The van der Waals surface area contributed by atoms with Crippen molar-refractivity contribution >= 4 is 17.5 Å². The number of benzene rings is 2. The van der Waals surface area contributed by atoms with Gasteiger partial charge in [-0.2, -0.15) is 0 Å². The first-order valence-electron chi connectivity index (χ1n) is 8.69. The van der Waals surface area contributed by atoms with E-state index in [2.05, 4.69) is 25.8 Å². The molecule has 0 aliphatic carbocycles. The first-order valence-corrected chi connectivity index (χ1v) is 9.07. The molecule has 27 heavy (non-hydrogen) atoms. The predicted molar refractivity (Wildman–Crippen MR) is 109 cm³/mol. The van der Waals surface area contributed by atoms with Crippen molar-refractivity contribution in [3.05, 3.63) is 78.0 Å². The van der Waals surface area contributed by atoms with Crippen molar-refractivity contribution in [3.8, 4) is 16.9 Å². The smallest absolute Gasteiger partial charge is 0.244 e. The highest BCUT2D eigenvalue weighted by Crippen LogP contribution is 2.32. The van der Waals surface area contributed by atoms with E-state index in [0.717, 1.165) is 27.7 Å². The number of ether oxygens (including phenoxy) is 2. The third-order valence-electron chi connectivity index (χ3n) is 4.06. The van der Waals surface area contributed by atoms with Crippen LogP contribution in [0.4, 0.5) is 0 Å². The highest BCUT2D eigenvalue weighted by Gasteiger charge is 2.25. The van der Waals surface area contributed by atoms with Crippen molar-refractivity contribution in [3.63, 3.8) is 0 Å². The van der Waals surface area contributed by atoms with Crippen LogP contribution in [-0.2, 0) is 4.74 Å². The fraction of sp³-hybridized carbons (Fsp3) is 0.227. The zero-order chi connectivity index (χ0) is 19.4. The Morgan fingerprint density at radius 1 is 0.963 bits per heavy atom. The van der Waals surface area contributed by atoms with Crippen LogP contribution in [0, 0.1) is 5.41 Å². The minimum Gasteiger partial charge on any atom is -0.495 e. The number of nitrogens with zero attached hydrogens (tertiary/aromatic N) is 2. The maximum Gasteiger partial charge on any atom is 0.244 e. The fourth-order valence-corrected chi connectivity index (χ4v) is 2.91. The second kappa shape index (κ2) is 7.89. The van der Waals surface area contributed by atoms with Gasteiger partial charge in [-0.25, -0.2) is 4.98 Å². The van der Waals surface area contributed by atoms with Gasteiger partial charge in [0.15, 0.2) is 5.76 Å². The third-order valence-corrected chi connectivity index (χ3v) is 4.32. The van der Waals surface area contributed by atoms with E-state index in [1.807, 2.05) is 59.3 Å². The van der Waals surface area contributed by atoms with Crippen LogP contribution >= 0.6 is 11.6 Å². The lowest BCUT2D eigenvalue weighted by Crippen LogP contribution is -2.18. The molecule has 0 atom stereocenters. The lowest BCUT2D eigenvalue weighted by atomic mass is 9.94. The molecule has 0 saturated carbocycles. The number of halogens is 1. The summed E-state index contributed by atoms with van der Waals surface area (Å²) in [7, 11) is 1.66. The summed E-state index contributed by atoms with van der Waals surface area (Å²) in [6.07, 6.45) is 5.24. The van der Waals surface area contributed by atoms with Gasteiger partial charge in [0.2, 0.25) is 5.88 Å². The number of hydrogen-bond donors (Lipinski definition) is 0. The zero-order valence-electron chi connectivity index (χ0n) is 15.9. The van der Waals surface area contributed by atoms with E-state index in [1.54, 1.807) is 19.6 Å². The Labute approximate surface area is 165 Å². The standard InChI is InChI=1S/C22H23ClN2O2/c1-22(2,3)20(26-4)21(25-14-13-24-15-25)27-19-11-7-17(8-12-19)16-5-9-18(23)10-6-16/h5-15H,1-4H3/b21-20-. The topological polar surface area (TPSA) is 36.3 Å². The predicted octanol–water partition coefficient (Wildman–Crippen LogP) is 6.10. The molecular formula is C22H23ClN2O2. The minimum absolute atomic E-state index is 0.225. The van der Waals surface area contributed by atoms with E-state index in [-0.39, 0.29) is 5.41 Å². The van der Waals surface area contributed by atoms with Crippen LogP contribution in [0.3, 0.4) is 0 Å². The van der Waals surface area contributed by atoms with Crippen molar-refractivity contribution in [1.29, 1.82) is 0 Å². The SMILES string of the molecule is CO/C(=C(\Oc1ccc(-c2ccc(Cl)cc2)cc1)n1ccnc1)C(C)(C)C. The molecule has 0 aliphatic rings. The molecule has 0 fully saturated rings. The van der Waals surface area contributed by atoms with Crippen LogP contribution in [0.2, 0.25) is 5.02 Å². The van der Waals surface area contributed by atoms with Crippen LogP contribution < -0.4 is 4.74 Å². The molecular weight excluding hydrogens is 360 g/mol. The monoisotopic (exact) mass is 382 g/mol.